The predicted octanol–water partition coefficient (Wildman–Crippen LogP) is 5.72. The number of nitrogens with zero attached hydrogens (tertiary/aromatic N) is 1. The third-order valence-electron chi connectivity index (χ3n) is 6.16. The maximum Gasteiger partial charge on any atom is 0.343 e. The van der Waals surface area contributed by atoms with E-state index < -0.39 is 17.8 Å². The monoisotopic (exact) mass is 661 g/mol. The van der Waals surface area contributed by atoms with E-state index >= 15 is 0 Å². The first-order chi connectivity index (χ1) is 21.3. The van der Waals surface area contributed by atoms with Crippen molar-refractivity contribution >= 4 is 45.6 Å². The Morgan fingerprint density at radius 2 is 1.36 bits per heavy atom. The summed E-state index contributed by atoms with van der Waals surface area (Å²) >= 11 is 3.33. The molecule has 0 fully saturated rings. The highest BCUT2D eigenvalue weighted by Crippen LogP contribution is 2.38. The molecule has 0 unspecified atom stereocenters. The molecule has 0 atom stereocenters. The van der Waals surface area contributed by atoms with Crippen LogP contribution in [-0.4, -0.2) is 52.4 Å². The number of nitrogens with one attached hydrogen (secondary N) is 2. The molecule has 12 heteroatoms. The third kappa shape index (κ3) is 7.72. The molecule has 4 aromatic carbocycles. The van der Waals surface area contributed by atoms with Gasteiger partial charge in [0.1, 0.15) is 0 Å². The maximum atomic E-state index is 13.0. The van der Waals surface area contributed by atoms with Crippen molar-refractivity contribution in [3.63, 3.8) is 0 Å². The number of halogens is 1. The number of carbonyl (C=O) groups is 3. The fourth-order valence-corrected chi connectivity index (χ4v) is 4.24. The molecule has 2 N–H and O–H groups in total. The Balaban J connectivity index is 1.40. The number of benzene rings is 4. The maximum absolute atomic E-state index is 13.0. The number of rotatable bonds is 11. The van der Waals surface area contributed by atoms with Gasteiger partial charge in [-0.25, -0.2) is 10.2 Å². The summed E-state index contributed by atoms with van der Waals surface area (Å²) in [6, 6.07) is 21.0. The highest BCUT2D eigenvalue weighted by Gasteiger charge is 2.18. The van der Waals surface area contributed by atoms with Gasteiger partial charge in [-0.1, -0.05) is 22.0 Å². The summed E-state index contributed by atoms with van der Waals surface area (Å²) in [6.45, 7) is 0. The molecule has 44 heavy (non-hydrogen) atoms. The van der Waals surface area contributed by atoms with E-state index in [2.05, 4.69) is 31.8 Å². The highest BCUT2D eigenvalue weighted by atomic mass is 79.9. The molecule has 0 saturated heterocycles. The first-order valence-corrected chi connectivity index (χ1v) is 13.8. The van der Waals surface area contributed by atoms with Crippen LogP contribution in [0.2, 0.25) is 0 Å². The lowest BCUT2D eigenvalue weighted by Crippen LogP contribution is -2.18. The van der Waals surface area contributed by atoms with Gasteiger partial charge in [-0.15, -0.1) is 0 Å². The van der Waals surface area contributed by atoms with Crippen molar-refractivity contribution in [3.8, 4) is 28.7 Å². The minimum Gasteiger partial charge on any atom is -0.493 e. The molecule has 0 saturated carbocycles. The Bertz CT molecular complexity index is 1680. The second-order valence-corrected chi connectivity index (χ2v) is 9.87. The van der Waals surface area contributed by atoms with Gasteiger partial charge in [0, 0.05) is 21.3 Å². The Hall–Kier alpha value is -5.36. The van der Waals surface area contributed by atoms with E-state index in [-0.39, 0.29) is 16.9 Å². The normalized spacial score (nSPS) is 10.6. The number of hydrazone groups is 1. The molecule has 0 radical (unpaired) electrons. The van der Waals surface area contributed by atoms with E-state index in [4.69, 9.17) is 23.7 Å². The van der Waals surface area contributed by atoms with Gasteiger partial charge in [0.25, 0.3) is 11.8 Å². The van der Waals surface area contributed by atoms with Gasteiger partial charge in [-0.05, 0) is 78.4 Å². The molecular formula is C32H28BrN3O8. The van der Waals surface area contributed by atoms with Gasteiger partial charge in [0.05, 0.1) is 40.2 Å². The molecule has 11 nitrogen and oxygen atoms in total. The van der Waals surface area contributed by atoms with E-state index in [1.807, 2.05) is 0 Å². The van der Waals surface area contributed by atoms with Crippen LogP contribution in [0.4, 0.5) is 5.69 Å². The van der Waals surface area contributed by atoms with Crippen molar-refractivity contribution in [3.05, 3.63) is 106 Å². The molecule has 0 heterocycles. The van der Waals surface area contributed by atoms with Crippen LogP contribution in [0.15, 0.2) is 88.4 Å². The van der Waals surface area contributed by atoms with Gasteiger partial charge >= 0.3 is 5.97 Å². The van der Waals surface area contributed by atoms with Gasteiger partial charge in [0.15, 0.2) is 23.0 Å². The van der Waals surface area contributed by atoms with Crippen molar-refractivity contribution in [1.29, 1.82) is 0 Å². The number of hydrogen-bond acceptors (Lipinski definition) is 9. The zero-order valence-corrected chi connectivity index (χ0v) is 25.8. The summed E-state index contributed by atoms with van der Waals surface area (Å²) < 4.78 is 27.6. The SMILES string of the molecule is COc1cc(C=NNC(=O)c2cccc(NC(=O)c3cc(OC)c(OC)c(OC)c3)c2)ccc1OC(=O)c1ccc(Br)cc1. The average Bonchev–Trinajstić information content (AvgIpc) is 3.04. The summed E-state index contributed by atoms with van der Waals surface area (Å²) in [7, 11) is 5.83. The zero-order chi connectivity index (χ0) is 31.6. The average molecular weight is 662 g/mol. The molecule has 0 aromatic heterocycles. The molecule has 4 rings (SSSR count). The van der Waals surface area contributed by atoms with E-state index in [9.17, 15) is 14.4 Å². The van der Waals surface area contributed by atoms with Crippen molar-refractivity contribution < 1.29 is 38.1 Å². The van der Waals surface area contributed by atoms with Gasteiger partial charge < -0.3 is 29.0 Å². The van der Waals surface area contributed by atoms with Crippen LogP contribution < -0.4 is 34.4 Å². The van der Waals surface area contributed by atoms with Crippen LogP contribution in [0.3, 0.4) is 0 Å². The molecule has 4 aromatic rings. The Kier molecular flexibility index (Phi) is 10.5. The standard InChI is InChI=1S/C32H28BrN3O8/c1-40-26-14-19(8-13-25(26)44-32(39)20-9-11-23(33)12-10-20)18-34-36-31(38)21-6-5-7-24(15-21)35-30(37)22-16-27(41-2)29(43-4)28(17-22)42-3/h5-18H,1-4H3,(H,35,37)(H,36,38). The molecular weight excluding hydrogens is 634 g/mol. The lowest BCUT2D eigenvalue weighted by atomic mass is 10.1. The number of carbonyl (C=O) groups excluding carboxylic acids is 3. The predicted molar refractivity (Wildman–Crippen MR) is 168 cm³/mol. The summed E-state index contributed by atoms with van der Waals surface area (Å²) in [6.07, 6.45) is 1.41. The summed E-state index contributed by atoms with van der Waals surface area (Å²) in [5, 5.41) is 6.77. The number of esters is 1. The molecule has 0 spiro atoms. The van der Waals surface area contributed by atoms with E-state index in [0.717, 1.165) is 4.47 Å². The van der Waals surface area contributed by atoms with Crippen LogP contribution in [-0.2, 0) is 0 Å². The fraction of sp³-hybridized carbons (Fsp3) is 0.125. The lowest BCUT2D eigenvalue weighted by molar-refractivity contribution is 0.0729. The molecule has 2 amide bonds. The van der Waals surface area contributed by atoms with Crippen molar-refractivity contribution in [2.75, 3.05) is 33.8 Å². The van der Waals surface area contributed by atoms with E-state index in [1.54, 1.807) is 60.7 Å². The van der Waals surface area contributed by atoms with Crippen LogP contribution in [0.25, 0.3) is 0 Å². The van der Waals surface area contributed by atoms with Crippen LogP contribution in [0, 0.1) is 0 Å². The van der Waals surface area contributed by atoms with Gasteiger partial charge in [-0.3, -0.25) is 9.59 Å². The van der Waals surface area contributed by atoms with Gasteiger partial charge in [-0.2, -0.15) is 5.10 Å². The topological polar surface area (TPSA) is 134 Å². The van der Waals surface area contributed by atoms with Crippen LogP contribution >= 0.6 is 15.9 Å². The first kappa shape index (κ1) is 31.6. The minimum atomic E-state index is -0.536. The van der Waals surface area contributed by atoms with E-state index in [0.29, 0.717) is 39.8 Å². The summed E-state index contributed by atoms with van der Waals surface area (Å²) in [5.74, 6) is 0.0748. The second-order valence-electron chi connectivity index (χ2n) is 8.95. The molecule has 226 valence electrons. The Morgan fingerprint density at radius 1 is 0.682 bits per heavy atom. The van der Waals surface area contributed by atoms with Crippen molar-refractivity contribution in [2.24, 2.45) is 5.10 Å². The zero-order valence-electron chi connectivity index (χ0n) is 24.2. The number of amides is 2. The Labute approximate surface area is 261 Å². The molecule has 0 bridgehead atoms. The summed E-state index contributed by atoms with van der Waals surface area (Å²) in [4.78, 5) is 38.2. The summed E-state index contributed by atoms with van der Waals surface area (Å²) in [5.41, 5.74) is 4.33. The minimum absolute atomic E-state index is 0.229. The smallest absolute Gasteiger partial charge is 0.343 e. The molecule has 0 aliphatic rings. The van der Waals surface area contributed by atoms with Crippen LogP contribution in [0.1, 0.15) is 36.6 Å². The molecule has 0 aliphatic heterocycles. The lowest BCUT2D eigenvalue weighted by Gasteiger charge is -2.14. The Morgan fingerprint density at radius 3 is 2.00 bits per heavy atom. The first-order valence-electron chi connectivity index (χ1n) is 13.0. The largest absolute Gasteiger partial charge is 0.493 e. The van der Waals surface area contributed by atoms with Gasteiger partial charge in [0.2, 0.25) is 5.75 Å². The van der Waals surface area contributed by atoms with E-state index in [1.165, 1.54) is 52.9 Å². The van der Waals surface area contributed by atoms with Crippen LogP contribution in [0.5, 0.6) is 28.7 Å². The number of anilines is 1. The second kappa shape index (κ2) is 14.7. The fourth-order valence-electron chi connectivity index (χ4n) is 3.98. The number of hydrogen-bond donors (Lipinski definition) is 2. The van der Waals surface area contributed by atoms with Crippen molar-refractivity contribution in [2.45, 2.75) is 0 Å². The number of ether oxygens (including phenoxy) is 5. The number of methoxy groups -OCH3 is 4. The quantitative estimate of drug-likeness (QED) is 0.0902. The van der Waals surface area contributed by atoms with Crippen molar-refractivity contribution in [1.82, 2.24) is 5.43 Å². The molecule has 0 aliphatic carbocycles. The third-order valence-corrected chi connectivity index (χ3v) is 6.69. The highest BCUT2D eigenvalue weighted by molar-refractivity contribution is 9.10.